The summed E-state index contributed by atoms with van der Waals surface area (Å²) in [6, 6.07) is 0.112. The molecule has 2 fully saturated rings. The van der Waals surface area contributed by atoms with Crippen molar-refractivity contribution in [2.45, 2.75) is 45.2 Å². The van der Waals surface area contributed by atoms with Gasteiger partial charge in [-0.05, 0) is 38.6 Å². The van der Waals surface area contributed by atoms with Crippen LogP contribution < -0.4 is 5.73 Å². The van der Waals surface area contributed by atoms with Crippen molar-refractivity contribution in [3.63, 3.8) is 0 Å². The normalized spacial score (nSPS) is 32.0. The molecule has 0 aliphatic carbocycles. The predicted octanol–water partition coefficient (Wildman–Crippen LogP) is 0.0812. The Balaban J connectivity index is 1.97. The number of sulfone groups is 1. The van der Waals surface area contributed by atoms with Gasteiger partial charge < -0.3 is 10.6 Å². The van der Waals surface area contributed by atoms with Gasteiger partial charge in [0.25, 0.3) is 0 Å². The molecule has 2 heterocycles. The number of piperidine rings is 1. The zero-order chi connectivity index (χ0) is 16.3. The first-order valence-electron chi connectivity index (χ1n) is 8.30. The largest absolute Gasteiger partial charge is 0.338 e. The molecule has 6 nitrogen and oxygen atoms in total. The monoisotopic (exact) mass is 331 g/mol. The summed E-state index contributed by atoms with van der Waals surface area (Å²) in [6.45, 7) is 6.54. The number of hydrogen-bond acceptors (Lipinski definition) is 5. The van der Waals surface area contributed by atoms with E-state index in [1.165, 1.54) is 0 Å². The van der Waals surface area contributed by atoms with Crippen LogP contribution in [0.2, 0.25) is 0 Å². The van der Waals surface area contributed by atoms with Crippen molar-refractivity contribution in [1.82, 2.24) is 9.80 Å². The van der Waals surface area contributed by atoms with Gasteiger partial charge in [-0.15, -0.1) is 0 Å². The van der Waals surface area contributed by atoms with E-state index in [1.54, 1.807) is 4.90 Å². The second-order valence-corrected chi connectivity index (χ2v) is 8.95. The average Bonchev–Trinajstić information content (AvgIpc) is 2.81. The topological polar surface area (TPSA) is 83.7 Å². The number of likely N-dealkylation sites (N-methyl/N-ethyl adjacent to an activating group) is 1. The summed E-state index contributed by atoms with van der Waals surface area (Å²) in [5.41, 5.74) is 5.85. The summed E-state index contributed by atoms with van der Waals surface area (Å²) < 4.78 is 23.3. The molecule has 0 aromatic carbocycles. The molecule has 0 spiro atoms. The third kappa shape index (κ3) is 4.20. The number of carbonyl (C=O) groups is 1. The minimum Gasteiger partial charge on any atom is -0.338 e. The quantitative estimate of drug-likeness (QED) is 0.771. The van der Waals surface area contributed by atoms with Gasteiger partial charge in [0.15, 0.2) is 9.84 Å². The standard InChI is InChI=1S/C15H29N3O3S/c1-3-18(13-5-7-22(20,21)11-13)15(19)10-17-6-4-12(2)8-14(17)9-16/h12-14H,3-11,16H2,1-2H3. The molecule has 0 aromatic heterocycles. The molecule has 2 N–H and O–H groups in total. The first kappa shape index (κ1) is 17.7. The molecule has 0 saturated carbocycles. The van der Waals surface area contributed by atoms with E-state index in [9.17, 15) is 13.2 Å². The Bertz CT molecular complexity index is 494. The Hall–Kier alpha value is -0.660. The molecule has 3 atom stereocenters. The summed E-state index contributed by atoms with van der Waals surface area (Å²) in [4.78, 5) is 16.6. The van der Waals surface area contributed by atoms with E-state index in [-0.39, 0.29) is 29.5 Å². The molecule has 2 aliphatic heterocycles. The molecule has 128 valence electrons. The number of hydrogen-bond donors (Lipinski definition) is 1. The van der Waals surface area contributed by atoms with Crippen LogP contribution in [-0.4, -0.2) is 73.9 Å². The third-order valence-corrected chi connectivity index (χ3v) is 6.77. The third-order valence-electron chi connectivity index (χ3n) is 5.02. The smallest absolute Gasteiger partial charge is 0.237 e. The van der Waals surface area contributed by atoms with E-state index >= 15 is 0 Å². The first-order valence-corrected chi connectivity index (χ1v) is 10.1. The SMILES string of the molecule is CCN(C(=O)CN1CCC(C)CC1CN)C1CCS(=O)(=O)C1. The predicted molar refractivity (Wildman–Crippen MR) is 87.3 cm³/mol. The summed E-state index contributed by atoms with van der Waals surface area (Å²) in [7, 11) is -2.97. The number of likely N-dealkylation sites (tertiary alicyclic amines) is 1. The van der Waals surface area contributed by atoms with Crippen LogP contribution in [0, 0.1) is 5.92 Å². The maximum atomic E-state index is 12.6. The van der Waals surface area contributed by atoms with Crippen LogP contribution in [0.1, 0.15) is 33.1 Å². The van der Waals surface area contributed by atoms with Crippen molar-refractivity contribution in [3.05, 3.63) is 0 Å². The molecule has 3 unspecified atom stereocenters. The number of carbonyl (C=O) groups excluding carboxylic acids is 1. The van der Waals surface area contributed by atoms with Gasteiger partial charge in [0.05, 0.1) is 18.1 Å². The van der Waals surface area contributed by atoms with E-state index in [0.717, 1.165) is 19.4 Å². The van der Waals surface area contributed by atoms with Crippen LogP contribution in [0.15, 0.2) is 0 Å². The van der Waals surface area contributed by atoms with Crippen molar-refractivity contribution in [3.8, 4) is 0 Å². The lowest BCUT2D eigenvalue weighted by molar-refractivity contribution is -0.135. The van der Waals surface area contributed by atoms with Gasteiger partial charge in [-0.25, -0.2) is 8.42 Å². The number of amides is 1. The van der Waals surface area contributed by atoms with Crippen LogP contribution in [0.25, 0.3) is 0 Å². The van der Waals surface area contributed by atoms with Gasteiger partial charge >= 0.3 is 0 Å². The molecular formula is C15H29N3O3S. The molecule has 22 heavy (non-hydrogen) atoms. The van der Waals surface area contributed by atoms with Gasteiger partial charge in [-0.3, -0.25) is 9.69 Å². The Morgan fingerprint density at radius 3 is 2.64 bits per heavy atom. The summed E-state index contributed by atoms with van der Waals surface area (Å²) in [5.74, 6) is 1.01. The summed E-state index contributed by atoms with van der Waals surface area (Å²) in [5, 5.41) is 0. The lowest BCUT2D eigenvalue weighted by Crippen LogP contribution is -2.52. The first-order chi connectivity index (χ1) is 10.4. The van der Waals surface area contributed by atoms with Gasteiger partial charge in [0, 0.05) is 25.2 Å². The molecule has 1 amide bonds. The highest BCUT2D eigenvalue weighted by Crippen LogP contribution is 2.23. The zero-order valence-corrected chi connectivity index (χ0v) is 14.5. The average molecular weight is 331 g/mol. The molecule has 2 rings (SSSR count). The molecule has 0 radical (unpaired) electrons. The number of nitrogens with zero attached hydrogens (tertiary/aromatic N) is 2. The Kier molecular flexibility index (Phi) is 5.85. The Morgan fingerprint density at radius 1 is 1.36 bits per heavy atom. The summed E-state index contributed by atoms with van der Waals surface area (Å²) in [6.07, 6.45) is 2.70. The fourth-order valence-corrected chi connectivity index (χ4v) is 5.41. The van der Waals surface area contributed by atoms with Crippen LogP contribution in [-0.2, 0) is 14.6 Å². The van der Waals surface area contributed by atoms with Crippen molar-refractivity contribution >= 4 is 15.7 Å². The van der Waals surface area contributed by atoms with E-state index < -0.39 is 9.84 Å². The maximum absolute atomic E-state index is 12.6. The Morgan fingerprint density at radius 2 is 2.09 bits per heavy atom. The van der Waals surface area contributed by atoms with E-state index in [1.807, 2.05) is 6.92 Å². The number of nitrogens with two attached hydrogens (primary N) is 1. The second kappa shape index (κ2) is 7.27. The minimum atomic E-state index is -2.97. The lowest BCUT2D eigenvalue weighted by Gasteiger charge is -2.39. The van der Waals surface area contributed by atoms with Crippen LogP contribution in [0.3, 0.4) is 0 Å². The van der Waals surface area contributed by atoms with Crippen LogP contribution >= 0.6 is 0 Å². The highest BCUT2D eigenvalue weighted by atomic mass is 32.2. The van der Waals surface area contributed by atoms with Crippen molar-refractivity contribution in [2.24, 2.45) is 11.7 Å². The van der Waals surface area contributed by atoms with E-state index in [4.69, 9.17) is 5.73 Å². The minimum absolute atomic E-state index is 0.0394. The van der Waals surface area contributed by atoms with Gasteiger partial charge in [-0.1, -0.05) is 6.92 Å². The van der Waals surface area contributed by atoms with E-state index in [0.29, 0.717) is 32.0 Å². The fraction of sp³-hybridized carbons (Fsp3) is 0.933. The maximum Gasteiger partial charge on any atom is 0.237 e. The number of rotatable bonds is 5. The molecular weight excluding hydrogens is 302 g/mol. The van der Waals surface area contributed by atoms with E-state index in [2.05, 4.69) is 11.8 Å². The second-order valence-electron chi connectivity index (χ2n) is 6.73. The van der Waals surface area contributed by atoms with Crippen molar-refractivity contribution < 1.29 is 13.2 Å². The molecule has 7 heteroatoms. The summed E-state index contributed by atoms with van der Waals surface area (Å²) >= 11 is 0. The van der Waals surface area contributed by atoms with Crippen molar-refractivity contribution in [1.29, 1.82) is 0 Å². The van der Waals surface area contributed by atoms with Gasteiger partial charge in [-0.2, -0.15) is 0 Å². The van der Waals surface area contributed by atoms with Crippen LogP contribution in [0.5, 0.6) is 0 Å². The molecule has 0 bridgehead atoms. The molecule has 0 aromatic rings. The van der Waals surface area contributed by atoms with Gasteiger partial charge in [0.2, 0.25) is 5.91 Å². The zero-order valence-electron chi connectivity index (χ0n) is 13.7. The Labute approximate surface area is 133 Å². The van der Waals surface area contributed by atoms with Crippen LogP contribution in [0.4, 0.5) is 0 Å². The van der Waals surface area contributed by atoms with Gasteiger partial charge in [0.1, 0.15) is 0 Å². The highest BCUT2D eigenvalue weighted by Gasteiger charge is 2.35. The molecule has 2 saturated heterocycles. The highest BCUT2D eigenvalue weighted by molar-refractivity contribution is 7.91. The van der Waals surface area contributed by atoms with Crippen molar-refractivity contribution in [2.75, 3.05) is 37.7 Å². The molecule has 2 aliphatic rings. The fourth-order valence-electron chi connectivity index (χ4n) is 3.68. The lowest BCUT2D eigenvalue weighted by atomic mass is 9.92.